The monoisotopic (exact) mass is 521 g/mol. The van der Waals surface area contributed by atoms with Gasteiger partial charge >= 0.3 is 7.82 Å². The number of allylic oxidation sites excluding steroid dienone is 1. The summed E-state index contributed by atoms with van der Waals surface area (Å²) < 4.78 is 23.0. The molecule has 208 valence electrons. The number of rotatable bonds is 23. The first-order chi connectivity index (χ1) is 16.5. The molecule has 0 heterocycles. The van der Waals surface area contributed by atoms with E-state index in [-0.39, 0.29) is 19.1 Å². The predicted molar refractivity (Wildman–Crippen MR) is 143 cm³/mol. The molecule has 3 atom stereocenters. The molecule has 8 nitrogen and oxygen atoms in total. The minimum absolute atomic E-state index is 0.0621. The van der Waals surface area contributed by atoms with Crippen LogP contribution in [0.3, 0.4) is 0 Å². The van der Waals surface area contributed by atoms with Crippen molar-refractivity contribution in [2.75, 3.05) is 40.9 Å². The number of aliphatic hydroxyl groups excluding tert-OH is 1. The van der Waals surface area contributed by atoms with E-state index in [0.717, 1.165) is 44.9 Å². The van der Waals surface area contributed by atoms with E-state index in [1.165, 1.54) is 32.1 Å². The highest BCUT2D eigenvalue weighted by molar-refractivity contribution is 7.47. The number of amides is 1. The molecule has 0 saturated carbocycles. The number of nitrogens with one attached hydrogen (secondary N) is 1. The molecule has 1 unspecified atom stereocenters. The van der Waals surface area contributed by atoms with Gasteiger partial charge in [0.25, 0.3) is 0 Å². The van der Waals surface area contributed by atoms with Crippen molar-refractivity contribution < 1.29 is 32.9 Å². The van der Waals surface area contributed by atoms with Crippen LogP contribution < -0.4 is 5.32 Å². The third-order valence-electron chi connectivity index (χ3n) is 5.76. The Morgan fingerprint density at radius 3 is 2.11 bits per heavy atom. The molecule has 35 heavy (non-hydrogen) atoms. The molecule has 0 aliphatic carbocycles. The second-order valence-corrected chi connectivity index (χ2v) is 11.9. The molecular formula is C26H54N2O6P+. The van der Waals surface area contributed by atoms with Crippen LogP contribution in [0.5, 0.6) is 0 Å². The van der Waals surface area contributed by atoms with E-state index >= 15 is 0 Å². The first-order valence-electron chi connectivity index (χ1n) is 13.6. The Labute approximate surface area is 214 Å². The molecule has 0 rings (SSSR count). The average Bonchev–Trinajstić information content (AvgIpc) is 2.77. The molecule has 0 aliphatic heterocycles. The molecule has 0 aromatic rings. The summed E-state index contributed by atoms with van der Waals surface area (Å²) in [6, 6.07) is -0.832. The molecule has 0 saturated heterocycles. The molecular weight excluding hydrogens is 467 g/mol. The molecule has 9 heteroatoms. The third kappa shape index (κ3) is 22.2. The van der Waals surface area contributed by atoms with Gasteiger partial charge < -0.3 is 19.8 Å². The normalized spacial score (nSPS) is 15.7. The Kier molecular flexibility index (Phi) is 19.9. The standard InChI is InChI=1S/C26H53N2O6P/c1-6-8-10-12-13-14-15-16-17-19-25(29)24(27-26(30)20-18-11-9-7-2)23-34-35(31,32)33-22-21-28(3,4)5/h17,19,24-25,29H,6-16,18,20-23H2,1-5H3,(H-,27,30,31,32)/p+1/b19-17+/t24-,25+/m0/s1. The van der Waals surface area contributed by atoms with Crippen LogP contribution in [0.25, 0.3) is 0 Å². The highest BCUT2D eigenvalue weighted by Gasteiger charge is 2.27. The molecule has 0 bridgehead atoms. The highest BCUT2D eigenvalue weighted by atomic mass is 31.2. The summed E-state index contributed by atoms with van der Waals surface area (Å²) in [7, 11) is 1.56. The van der Waals surface area contributed by atoms with Crippen molar-refractivity contribution in [1.82, 2.24) is 5.32 Å². The zero-order chi connectivity index (χ0) is 26.6. The number of hydrogen-bond donors (Lipinski definition) is 3. The lowest BCUT2D eigenvalue weighted by Gasteiger charge is -2.25. The van der Waals surface area contributed by atoms with E-state index in [9.17, 15) is 19.4 Å². The topological polar surface area (TPSA) is 105 Å². The zero-order valence-corrected chi connectivity index (χ0v) is 23.9. The van der Waals surface area contributed by atoms with Gasteiger partial charge in [0.2, 0.25) is 5.91 Å². The molecule has 0 spiro atoms. The number of unbranched alkanes of at least 4 members (excludes halogenated alkanes) is 10. The SMILES string of the molecule is CCCCCCCCC/C=C/[C@@H](O)[C@H](COP(=O)(O)OCC[N+](C)(C)C)NC(=O)CCCCCC. The Balaban J connectivity index is 4.71. The summed E-state index contributed by atoms with van der Waals surface area (Å²) >= 11 is 0. The molecule has 0 aromatic heterocycles. The van der Waals surface area contributed by atoms with Gasteiger partial charge in [0, 0.05) is 6.42 Å². The fourth-order valence-electron chi connectivity index (χ4n) is 3.45. The number of nitrogens with zero attached hydrogens (tertiary/aromatic N) is 1. The summed E-state index contributed by atoms with van der Waals surface area (Å²) in [5.41, 5.74) is 0. The van der Waals surface area contributed by atoms with Gasteiger partial charge in [-0.25, -0.2) is 4.57 Å². The van der Waals surface area contributed by atoms with E-state index in [4.69, 9.17) is 9.05 Å². The highest BCUT2D eigenvalue weighted by Crippen LogP contribution is 2.43. The second kappa shape index (κ2) is 20.3. The number of carbonyl (C=O) groups excluding carboxylic acids is 1. The largest absolute Gasteiger partial charge is 0.472 e. The number of phosphoric acid groups is 1. The van der Waals surface area contributed by atoms with E-state index in [1.54, 1.807) is 6.08 Å². The molecule has 0 fully saturated rings. The first kappa shape index (κ1) is 34.2. The average molecular weight is 522 g/mol. The van der Waals surface area contributed by atoms with E-state index in [1.807, 2.05) is 27.2 Å². The molecule has 0 aliphatic rings. The van der Waals surface area contributed by atoms with Gasteiger partial charge in [0.05, 0.1) is 39.9 Å². The smallest absolute Gasteiger partial charge is 0.387 e. The van der Waals surface area contributed by atoms with Gasteiger partial charge in [0.15, 0.2) is 0 Å². The quantitative estimate of drug-likeness (QED) is 0.0726. The van der Waals surface area contributed by atoms with Crippen LogP contribution in [-0.2, 0) is 18.4 Å². The van der Waals surface area contributed by atoms with Crippen molar-refractivity contribution in [3.8, 4) is 0 Å². The fraction of sp³-hybridized carbons (Fsp3) is 0.885. The van der Waals surface area contributed by atoms with Gasteiger partial charge in [-0.2, -0.15) is 0 Å². The van der Waals surface area contributed by atoms with Crippen LogP contribution in [0.15, 0.2) is 12.2 Å². The van der Waals surface area contributed by atoms with Crippen molar-refractivity contribution in [2.24, 2.45) is 0 Å². The van der Waals surface area contributed by atoms with Crippen LogP contribution in [0.2, 0.25) is 0 Å². The Morgan fingerprint density at radius 2 is 1.51 bits per heavy atom. The summed E-state index contributed by atoms with van der Waals surface area (Å²) in [6.07, 6.45) is 16.1. The number of phosphoric ester groups is 1. The number of hydrogen-bond acceptors (Lipinski definition) is 5. The van der Waals surface area contributed by atoms with E-state index in [2.05, 4.69) is 19.2 Å². The number of likely N-dealkylation sites (N-methyl/N-ethyl adjacent to an activating group) is 1. The molecule has 3 N–H and O–H groups in total. The van der Waals surface area contributed by atoms with Gasteiger partial charge in [-0.1, -0.05) is 83.8 Å². The maximum absolute atomic E-state index is 12.4. The Morgan fingerprint density at radius 1 is 0.943 bits per heavy atom. The Bertz CT molecular complexity index is 609. The number of quaternary nitrogens is 1. The van der Waals surface area contributed by atoms with Gasteiger partial charge in [-0.15, -0.1) is 0 Å². The van der Waals surface area contributed by atoms with Crippen molar-refractivity contribution in [1.29, 1.82) is 0 Å². The van der Waals surface area contributed by atoms with E-state index in [0.29, 0.717) is 17.4 Å². The Hall–Kier alpha value is -0.760. The summed E-state index contributed by atoms with van der Waals surface area (Å²) in [5.74, 6) is -0.201. The number of aliphatic hydroxyl groups is 1. The second-order valence-electron chi connectivity index (χ2n) is 10.4. The zero-order valence-electron chi connectivity index (χ0n) is 23.0. The third-order valence-corrected chi connectivity index (χ3v) is 6.74. The molecule has 1 amide bonds. The lowest BCUT2D eigenvalue weighted by atomic mass is 10.1. The van der Waals surface area contributed by atoms with Crippen molar-refractivity contribution in [2.45, 2.75) is 109 Å². The lowest BCUT2D eigenvalue weighted by molar-refractivity contribution is -0.870. The lowest BCUT2D eigenvalue weighted by Crippen LogP contribution is -2.45. The maximum Gasteiger partial charge on any atom is 0.472 e. The van der Waals surface area contributed by atoms with Crippen LogP contribution in [0, 0.1) is 0 Å². The van der Waals surface area contributed by atoms with Crippen molar-refractivity contribution >= 4 is 13.7 Å². The minimum atomic E-state index is -4.29. The summed E-state index contributed by atoms with van der Waals surface area (Å²) in [4.78, 5) is 22.4. The fourth-order valence-corrected chi connectivity index (χ4v) is 4.18. The van der Waals surface area contributed by atoms with Crippen LogP contribution >= 0.6 is 7.82 Å². The van der Waals surface area contributed by atoms with Crippen molar-refractivity contribution in [3.05, 3.63) is 12.2 Å². The van der Waals surface area contributed by atoms with Gasteiger partial charge in [-0.05, 0) is 19.3 Å². The summed E-state index contributed by atoms with van der Waals surface area (Å²) in [5, 5.41) is 13.4. The number of carbonyl (C=O) groups is 1. The van der Waals surface area contributed by atoms with Gasteiger partial charge in [0.1, 0.15) is 13.2 Å². The van der Waals surface area contributed by atoms with E-state index < -0.39 is 20.0 Å². The van der Waals surface area contributed by atoms with Crippen LogP contribution in [-0.4, -0.2) is 73.4 Å². The van der Waals surface area contributed by atoms with Crippen molar-refractivity contribution in [3.63, 3.8) is 0 Å². The molecule has 0 aromatic carbocycles. The van der Waals surface area contributed by atoms with Gasteiger partial charge in [-0.3, -0.25) is 13.8 Å². The summed E-state index contributed by atoms with van der Waals surface area (Å²) in [6.45, 7) is 4.60. The predicted octanol–water partition coefficient (Wildman–Crippen LogP) is 5.34. The van der Waals surface area contributed by atoms with Crippen LogP contribution in [0.1, 0.15) is 97.3 Å². The van der Waals surface area contributed by atoms with Crippen LogP contribution in [0.4, 0.5) is 0 Å². The minimum Gasteiger partial charge on any atom is -0.387 e. The first-order valence-corrected chi connectivity index (χ1v) is 15.1. The maximum atomic E-state index is 12.4. The molecule has 0 radical (unpaired) electrons.